The van der Waals surface area contributed by atoms with Crippen molar-refractivity contribution in [2.45, 2.75) is 45.6 Å². The zero-order valence-electron chi connectivity index (χ0n) is 14.2. The number of likely N-dealkylation sites (tertiary alicyclic amines) is 1. The molecule has 0 aromatic carbocycles. The van der Waals surface area contributed by atoms with Gasteiger partial charge >= 0.3 is 0 Å². The Balaban J connectivity index is 1.79. The third-order valence-corrected chi connectivity index (χ3v) is 4.65. The summed E-state index contributed by atoms with van der Waals surface area (Å²) in [5.41, 5.74) is 0. The van der Waals surface area contributed by atoms with Crippen molar-refractivity contribution in [3.8, 4) is 0 Å². The van der Waals surface area contributed by atoms with Gasteiger partial charge in [-0.2, -0.15) is 4.98 Å². The van der Waals surface area contributed by atoms with Gasteiger partial charge in [0.25, 0.3) is 0 Å². The van der Waals surface area contributed by atoms with Gasteiger partial charge in [-0.1, -0.05) is 12.1 Å². The summed E-state index contributed by atoms with van der Waals surface area (Å²) in [5.74, 6) is 2.25. The van der Waals surface area contributed by atoms with Crippen LogP contribution in [0.4, 0.5) is 0 Å². The van der Waals surface area contributed by atoms with Crippen LogP contribution in [0.15, 0.2) is 4.52 Å². The highest BCUT2D eigenvalue weighted by atomic mass is 16.5. The van der Waals surface area contributed by atoms with E-state index in [9.17, 15) is 0 Å². The third-order valence-electron chi connectivity index (χ3n) is 4.65. The number of nitrogens with zero attached hydrogens (tertiary/aromatic N) is 4. The fraction of sp³-hybridized carbons (Fsp3) is 0.875. The average Bonchev–Trinajstić information content (AvgIpc) is 2.98. The van der Waals surface area contributed by atoms with Gasteiger partial charge in [0.15, 0.2) is 5.82 Å². The minimum absolute atomic E-state index is 0.161. The van der Waals surface area contributed by atoms with Crippen molar-refractivity contribution < 1.29 is 9.63 Å². The van der Waals surface area contributed by atoms with E-state index in [0.29, 0.717) is 5.92 Å². The number of rotatable bonds is 8. The van der Waals surface area contributed by atoms with E-state index in [2.05, 4.69) is 40.8 Å². The van der Waals surface area contributed by atoms with E-state index in [-0.39, 0.29) is 12.6 Å². The summed E-state index contributed by atoms with van der Waals surface area (Å²) >= 11 is 0. The molecule has 6 nitrogen and oxygen atoms in total. The highest BCUT2D eigenvalue weighted by molar-refractivity contribution is 4.92. The first-order chi connectivity index (χ1) is 10.6. The second-order valence-corrected chi connectivity index (χ2v) is 6.42. The summed E-state index contributed by atoms with van der Waals surface area (Å²) in [6.45, 7) is 8.56. The van der Waals surface area contributed by atoms with Gasteiger partial charge in [-0.3, -0.25) is 4.90 Å². The summed E-state index contributed by atoms with van der Waals surface area (Å²) in [7, 11) is 2.13. The number of aryl methyl sites for hydroxylation is 1. The molecule has 0 amide bonds. The van der Waals surface area contributed by atoms with E-state index >= 15 is 0 Å². The lowest BCUT2D eigenvalue weighted by Crippen LogP contribution is -2.39. The molecular formula is C16H30N4O2. The summed E-state index contributed by atoms with van der Waals surface area (Å²) < 4.78 is 5.40. The summed E-state index contributed by atoms with van der Waals surface area (Å²) in [6.07, 6.45) is 4.31. The van der Waals surface area contributed by atoms with E-state index in [1.807, 2.05) is 0 Å². The molecule has 1 aliphatic heterocycles. The predicted molar refractivity (Wildman–Crippen MR) is 85.6 cm³/mol. The average molecular weight is 310 g/mol. The third kappa shape index (κ3) is 4.76. The number of aliphatic hydroxyl groups excluding tert-OH is 1. The first-order valence-corrected chi connectivity index (χ1v) is 8.50. The number of aliphatic hydroxyl groups is 1. The summed E-state index contributed by atoms with van der Waals surface area (Å²) in [4.78, 5) is 9.15. The molecule has 0 aliphatic carbocycles. The first kappa shape index (κ1) is 17.4. The molecule has 1 saturated heterocycles. The van der Waals surface area contributed by atoms with Crippen molar-refractivity contribution in [2.75, 3.05) is 39.8 Å². The van der Waals surface area contributed by atoms with Crippen LogP contribution in [-0.2, 0) is 6.42 Å². The smallest absolute Gasteiger partial charge is 0.243 e. The fourth-order valence-electron chi connectivity index (χ4n) is 3.05. The highest BCUT2D eigenvalue weighted by Gasteiger charge is 2.24. The summed E-state index contributed by atoms with van der Waals surface area (Å²) in [5, 5.41) is 13.0. The number of β-amino-alcohol motifs (C(OH)–C–C–N with tert-alkyl or cyclic N) is 1. The molecule has 1 N–H and O–H groups in total. The molecule has 1 aliphatic rings. The van der Waals surface area contributed by atoms with Gasteiger partial charge in [0.1, 0.15) is 0 Å². The normalized spacial score (nSPS) is 19.0. The maximum absolute atomic E-state index is 9.00. The van der Waals surface area contributed by atoms with Crippen LogP contribution >= 0.6 is 0 Å². The van der Waals surface area contributed by atoms with Crippen LogP contribution in [-0.4, -0.2) is 64.9 Å². The maximum atomic E-state index is 9.00. The van der Waals surface area contributed by atoms with Crippen LogP contribution in [0, 0.1) is 5.92 Å². The van der Waals surface area contributed by atoms with Crippen LogP contribution in [0.5, 0.6) is 0 Å². The van der Waals surface area contributed by atoms with Gasteiger partial charge < -0.3 is 14.5 Å². The Kier molecular flexibility index (Phi) is 6.79. The lowest BCUT2D eigenvalue weighted by atomic mass is 9.96. The van der Waals surface area contributed by atoms with E-state index in [0.717, 1.165) is 50.7 Å². The summed E-state index contributed by atoms with van der Waals surface area (Å²) in [6, 6.07) is 0.161. The van der Waals surface area contributed by atoms with Crippen LogP contribution in [0.25, 0.3) is 0 Å². The van der Waals surface area contributed by atoms with Crippen molar-refractivity contribution in [2.24, 2.45) is 5.92 Å². The molecular weight excluding hydrogens is 280 g/mol. The number of piperidine rings is 1. The molecule has 22 heavy (non-hydrogen) atoms. The van der Waals surface area contributed by atoms with Crippen molar-refractivity contribution in [3.63, 3.8) is 0 Å². The molecule has 0 spiro atoms. The van der Waals surface area contributed by atoms with E-state index < -0.39 is 0 Å². The van der Waals surface area contributed by atoms with Crippen LogP contribution < -0.4 is 0 Å². The van der Waals surface area contributed by atoms with E-state index in [1.54, 1.807) is 0 Å². The van der Waals surface area contributed by atoms with E-state index in [4.69, 9.17) is 9.63 Å². The molecule has 0 radical (unpaired) electrons. The standard InChI is InChI=1S/C16H30N4O2/c1-4-5-15-17-16(22-18-15)13(2)19(3)12-14-6-8-20(9-7-14)10-11-21/h13-14,21H,4-12H2,1-3H3. The van der Waals surface area contributed by atoms with Gasteiger partial charge in [0.2, 0.25) is 5.89 Å². The van der Waals surface area contributed by atoms with Crippen molar-refractivity contribution in [3.05, 3.63) is 11.7 Å². The van der Waals surface area contributed by atoms with Crippen molar-refractivity contribution in [1.82, 2.24) is 19.9 Å². The molecule has 1 atom stereocenters. The van der Waals surface area contributed by atoms with Gasteiger partial charge in [-0.15, -0.1) is 0 Å². The number of aromatic nitrogens is 2. The molecule has 1 aromatic heterocycles. The minimum Gasteiger partial charge on any atom is -0.395 e. The Morgan fingerprint density at radius 1 is 1.41 bits per heavy atom. The SMILES string of the molecule is CCCc1noc(C(C)N(C)CC2CCN(CCO)CC2)n1. The Labute approximate surface area is 133 Å². The largest absolute Gasteiger partial charge is 0.395 e. The lowest BCUT2D eigenvalue weighted by molar-refractivity contribution is 0.114. The zero-order valence-corrected chi connectivity index (χ0v) is 14.2. The molecule has 2 rings (SSSR count). The number of hydrogen-bond donors (Lipinski definition) is 1. The number of hydrogen-bond acceptors (Lipinski definition) is 6. The second-order valence-electron chi connectivity index (χ2n) is 6.42. The Morgan fingerprint density at radius 3 is 2.77 bits per heavy atom. The topological polar surface area (TPSA) is 65.6 Å². The monoisotopic (exact) mass is 310 g/mol. The van der Waals surface area contributed by atoms with Gasteiger partial charge in [-0.25, -0.2) is 0 Å². The molecule has 1 unspecified atom stereocenters. The Morgan fingerprint density at radius 2 is 2.14 bits per heavy atom. The quantitative estimate of drug-likeness (QED) is 0.789. The molecule has 2 heterocycles. The molecule has 0 bridgehead atoms. The van der Waals surface area contributed by atoms with Gasteiger partial charge in [0, 0.05) is 19.5 Å². The molecule has 0 saturated carbocycles. The predicted octanol–water partition coefficient (Wildman–Crippen LogP) is 1.72. The maximum Gasteiger partial charge on any atom is 0.243 e. The van der Waals surface area contributed by atoms with E-state index in [1.165, 1.54) is 12.8 Å². The van der Waals surface area contributed by atoms with Gasteiger partial charge in [0.05, 0.1) is 12.6 Å². The second kappa shape index (κ2) is 8.60. The highest BCUT2D eigenvalue weighted by Crippen LogP contribution is 2.23. The van der Waals surface area contributed by atoms with Gasteiger partial charge in [-0.05, 0) is 52.2 Å². The fourth-order valence-corrected chi connectivity index (χ4v) is 3.05. The van der Waals surface area contributed by atoms with Crippen LogP contribution in [0.1, 0.15) is 50.9 Å². The minimum atomic E-state index is 0.161. The molecule has 126 valence electrons. The lowest BCUT2D eigenvalue weighted by Gasteiger charge is -2.34. The van der Waals surface area contributed by atoms with Crippen molar-refractivity contribution in [1.29, 1.82) is 0 Å². The first-order valence-electron chi connectivity index (χ1n) is 8.50. The Bertz CT molecular complexity index is 430. The van der Waals surface area contributed by atoms with Crippen LogP contribution in [0.3, 0.4) is 0 Å². The Hall–Kier alpha value is -0.980. The zero-order chi connectivity index (χ0) is 15.9. The molecule has 6 heteroatoms. The molecule has 1 aromatic rings. The van der Waals surface area contributed by atoms with Crippen LogP contribution in [0.2, 0.25) is 0 Å². The molecule has 1 fully saturated rings. The van der Waals surface area contributed by atoms with Crippen molar-refractivity contribution >= 4 is 0 Å².